The van der Waals surface area contributed by atoms with Gasteiger partial charge in [-0.05, 0) is 62.4 Å². The van der Waals surface area contributed by atoms with E-state index in [1.165, 1.54) is 12.0 Å². The van der Waals surface area contributed by atoms with E-state index in [4.69, 9.17) is 0 Å². The van der Waals surface area contributed by atoms with Crippen molar-refractivity contribution < 1.29 is 4.79 Å². The average Bonchev–Trinajstić information content (AvgIpc) is 2.43. The Morgan fingerprint density at radius 3 is 1.77 bits per heavy atom. The Morgan fingerprint density at radius 2 is 1.32 bits per heavy atom. The molecular weight excluding hydrogens is 268 g/mol. The third kappa shape index (κ3) is 6.10. The summed E-state index contributed by atoms with van der Waals surface area (Å²) in [7, 11) is 0. The van der Waals surface area contributed by atoms with Crippen LogP contribution in [0.1, 0.15) is 80.1 Å². The molecule has 0 aromatic carbocycles. The number of hydrogen-bond donors (Lipinski definition) is 0. The lowest BCUT2D eigenvalue weighted by molar-refractivity contribution is -0.122. The molecule has 0 N–H and O–H groups in total. The molecule has 1 heteroatoms. The van der Waals surface area contributed by atoms with Gasteiger partial charge in [0.15, 0.2) is 5.78 Å². The minimum atomic E-state index is -0.227. The Labute approximate surface area is 138 Å². The molecule has 0 bridgehead atoms. The van der Waals surface area contributed by atoms with Gasteiger partial charge in [0, 0.05) is 0 Å². The van der Waals surface area contributed by atoms with Crippen LogP contribution in [0.4, 0.5) is 0 Å². The van der Waals surface area contributed by atoms with E-state index in [1.807, 2.05) is 6.08 Å². The molecule has 22 heavy (non-hydrogen) atoms. The van der Waals surface area contributed by atoms with E-state index in [0.29, 0.717) is 23.5 Å². The van der Waals surface area contributed by atoms with E-state index in [2.05, 4.69) is 53.7 Å². The fourth-order valence-electron chi connectivity index (χ4n) is 3.04. The van der Waals surface area contributed by atoms with E-state index in [9.17, 15) is 4.79 Å². The Hall–Kier alpha value is -0.850. The molecule has 126 valence electrons. The standard InChI is InChI=1S/C21H36O/c1-16(2)7-8-19-9-10-20(22)21(15-19,13-11-17(3)4)14-12-18(5)6/h9-10,15-18H,7-8,11-14H2,1-6H3. The summed E-state index contributed by atoms with van der Waals surface area (Å²) in [4.78, 5) is 12.7. The predicted molar refractivity (Wildman–Crippen MR) is 96.9 cm³/mol. The van der Waals surface area contributed by atoms with Crippen LogP contribution in [-0.4, -0.2) is 5.78 Å². The molecular formula is C21H36O. The molecule has 0 unspecified atom stereocenters. The molecule has 1 rings (SSSR count). The van der Waals surface area contributed by atoms with Gasteiger partial charge < -0.3 is 0 Å². The zero-order valence-electron chi connectivity index (χ0n) is 15.6. The lowest BCUT2D eigenvalue weighted by Crippen LogP contribution is -2.31. The van der Waals surface area contributed by atoms with E-state index in [0.717, 1.165) is 32.1 Å². The van der Waals surface area contributed by atoms with Gasteiger partial charge in [0.05, 0.1) is 5.41 Å². The summed E-state index contributed by atoms with van der Waals surface area (Å²) in [5.74, 6) is 2.36. The monoisotopic (exact) mass is 304 g/mol. The van der Waals surface area contributed by atoms with Gasteiger partial charge in [-0.3, -0.25) is 4.79 Å². The van der Waals surface area contributed by atoms with Crippen LogP contribution in [0.15, 0.2) is 23.8 Å². The summed E-state index contributed by atoms with van der Waals surface area (Å²) >= 11 is 0. The van der Waals surface area contributed by atoms with Crippen LogP contribution in [0, 0.1) is 23.2 Å². The van der Waals surface area contributed by atoms with Gasteiger partial charge in [0.2, 0.25) is 0 Å². The second-order valence-electron chi connectivity index (χ2n) is 8.37. The van der Waals surface area contributed by atoms with Crippen molar-refractivity contribution in [3.63, 3.8) is 0 Å². The molecule has 0 aromatic rings. The maximum absolute atomic E-state index is 12.7. The average molecular weight is 305 g/mol. The van der Waals surface area contributed by atoms with Crippen LogP contribution >= 0.6 is 0 Å². The van der Waals surface area contributed by atoms with Crippen LogP contribution in [0.3, 0.4) is 0 Å². The van der Waals surface area contributed by atoms with Crippen molar-refractivity contribution in [1.29, 1.82) is 0 Å². The van der Waals surface area contributed by atoms with Crippen molar-refractivity contribution in [2.24, 2.45) is 23.2 Å². The highest BCUT2D eigenvalue weighted by molar-refractivity contribution is 5.98. The Morgan fingerprint density at radius 1 is 0.818 bits per heavy atom. The third-order valence-electron chi connectivity index (χ3n) is 4.75. The molecule has 0 amide bonds. The summed E-state index contributed by atoms with van der Waals surface area (Å²) in [5.41, 5.74) is 1.15. The summed E-state index contributed by atoms with van der Waals surface area (Å²) < 4.78 is 0. The van der Waals surface area contributed by atoms with Crippen LogP contribution in [0.25, 0.3) is 0 Å². The van der Waals surface area contributed by atoms with Gasteiger partial charge in [0.1, 0.15) is 0 Å². The van der Waals surface area contributed by atoms with Gasteiger partial charge in [0.25, 0.3) is 0 Å². The molecule has 0 aromatic heterocycles. The van der Waals surface area contributed by atoms with Crippen LogP contribution in [0.2, 0.25) is 0 Å². The minimum Gasteiger partial charge on any atom is -0.294 e. The lowest BCUT2D eigenvalue weighted by Gasteiger charge is -2.33. The molecule has 1 aliphatic rings. The predicted octanol–water partition coefficient (Wildman–Crippen LogP) is 6.35. The van der Waals surface area contributed by atoms with Crippen molar-refractivity contribution in [2.45, 2.75) is 80.1 Å². The molecule has 0 saturated carbocycles. The van der Waals surface area contributed by atoms with Crippen molar-refractivity contribution in [2.75, 3.05) is 0 Å². The number of hydrogen-bond acceptors (Lipinski definition) is 1. The fourth-order valence-corrected chi connectivity index (χ4v) is 3.04. The van der Waals surface area contributed by atoms with Gasteiger partial charge in [-0.2, -0.15) is 0 Å². The topological polar surface area (TPSA) is 17.1 Å². The Balaban J connectivity index is 2.92. The van der Waals surface area contributed by atoms with Gasteiger partial charge in [-0.25, -0.2) is 0 Å². The second kappa shape index (κ2) is 8.70. The first-order chi connectivity index (χ1) is 10.2. The molecule has 1 aliphatic carbocycles. The Bertz CT molecular complexity index is 398. The lowest BCUT2D eigenvalue weighted by atomic mass is 9.69. The van der Waals surface area contributed by atoms with Gasteiger partial charge >= 0.3 is 0 Å². The quantitative estimate of drug-likeness (QED) is 0.485. The first-order valence-electron chi connectivity index (χ1n) is 9.19. The SMILES string of the molecule is CC(C)CCC1=CC(CCC(C)C)(CCC(C)C)C(=O)C=C1. The fraction of sp³-hybridized carbons (Fsp3) is 0.762. The molecule has 0 heterocycles. The zero-order chi connectivity index (χ0) is 16.8. The van der Waals surface area contributed by atoms with Crippen molar-refractivity contribution in [3.05, 3.63) is 23.8 Å². The van der Waals surface area contributed by atoms with Crippen molar-refractivity contribution >= 4 is 5.78 Å². The van der Waals surface area contributed by atoms with E-state index < -0.39 is 0 Å². The molecule has 0 atom stereocenters. The van der Waals surface area contributed by atoms with Crippen molar-refractivity contribution in [3.8, 4) is 0 Å². The van der Waals surface area contributed by atoms with Gasteiger partial charge in [-0.1, -0.05) is 59.3 Å². The Kier molecular flexibility index (Phi) is 7.59. The third-order valence-corrected chi connectivity index (χ3v) is 4.75. The number of carbonyl (C=O) groups is 1. The van der Waals surface area contributed by atoms with Crippen molar-refractivity contribution in [1.82, 2.24) is 0 Å². The van der Waals surface area contributed by atoms with E-state index >= 15 is 0 Å². The molecule has 0 aliphatic heterocycles. The first-order valence-corrected chi connectivity index (χ1v) is 9.19. The van der Waals surface area contributed by atoms with E-state index in [-0.39, 0.29) is 5.41 Å². The minimum absolute atomic E-state index is 0.227. The van der Waals surface area contributed by atoms with Crippen LogP contribution in [-0.2, 0) is 4.79 Å². The largest absolute Gasteiger partial charge is 0.294 e. The van der Waals surface area contributed by atoms with Crippen LogP contribution < -0.4 is 0 Å². The summed E-state index contributed by atoms with van der Waals surface area (Å²) in [6.45, 7) is 13.5. The molecule has 0 fully saturated rings. The maximum Gasteiger partial charge on any atom is 0.165 e. The van der Waals surface area contributed by atoms with Crippen LogP contribution in [0.5, 0.6) is 0 Å². The highest BCUT2D eigenvalue weighted by Crippen LogP contribution is 2.40. The first kappa shape index (κ1) is 19.2. The normalized spacial score (nSPS) is 17.7. The van der Waals surface area contributed by atoms with Gasteiger partial charge in [-0.15, -0.1) is 0 Å². The summed E-state index contributed by atoms with van der Waals surface area (Å²) in [6.07, 6.45) is 12.8. The maximum atomic E-state index is 12.7. The number of allylic oxidation sites excluding steroid dienone is 4. The molecule has 0 spiro atoms. The summed E-state index contributed by atoms with van der Waals surface area (Å²) in [5, 5.41) is 0. The highest BCUT2D eigenvalue weighted by Gasteiger charge is 2.36. The second-order valence-corrected chi connectivity index (χ2v) is 8.37. The number of ketones is 1. The molecule has 1 nitrogen and oxygen atoms in total. The molecule has 0 saturated heterocycles. The zero-order valence-corrected chi connectivity index (χ0v) is 15.6. The summed E-state index contributed by atoms with van der Waals surface area (Å²) in [6, 6.07) is 0. The number of rotatable bonds is 9. The van der Waals surface area contributed by atoms with E-state index in [1.54, 1.807) is 0 Å². The smallest absolute Gasteiger partial charge is 0.165 e. The molecule has 0 radical (unpaired) electrons. The number of carbonyl (C=O) groups excluding carboxylic acids is 1. The highest BCUT2D eigenvalue weighted by atomic mass is 16.1.